The van der Waals surface area contributed by atoms with Gasteiger partial charge in [-0.3, -0.25) is 4.79 Å². The average molecular weight is 330 g/mol. The van der Waals surface area contributed by atoms with E-state index in [2.05, 4.69) is 20.8 Å². The van der Waals surface area contributed by atoms with Crippen molar-refractivity contribution in [1.82, 2.24) is 0 Å². The summed E-state index contributed by atoms with van der Waals surface area (Å²) in [7, 11) is 0. The number of carbonyl (C=O) groups excluding carboxylic acids is 2. The summed E-state index contributed by atoms with van der Waals surface area (Å²) in [5.41, 5.74) is 0. The van der Waals surface area contributed by atoms with E-state index in [1.54, 1.807) is 0 Å². The molecule has 0 aromatic heterocycles. The van der Waals surface area contributed by atoms with E-state index in [4.69, 9.17) is 7.58 Å². The predicted molar refractivity (Wildman–Crippen MR) is 86.2 cm³/mol. The first-order valence-electron chi connectivity index (χ1n) is 8.27. The number of hydrogen-bond donors (Lipinski definition) is 0. The van der Waals surface area contributed by atoms with Crippen molar-refractivity contribution in [2.24, 2.45) is 5.92 Å². The van der Waals surface area contributed by atoms with E-state index >= 15 is 0 Å². The van der Waals surface area contributed by atoms with Gasteiger partial charge in [0.25, 0.3) is 0 Å². The Bertz CT molecular complexity index is 251. The third-order valence-corrected chi connectivity index (χ3v) is 3.65. The normalized spacial score (nSPS) is 11.1. The molecule has 0 heterocycles. The van der Waals surface area contributed by atoms with Crippen molar-refractivity contribution in [2.45, 2.75) is 72.6 Å². The van der Waals surface area contributed by atoms with E-state index in [1.807, 2.05) is 0 Å². The van der Waals surface area contributed by atoms with Crippen LogP contribution in [0.1, 0.15) is 72.6 Å². The van der Waals surface area contributed by atoms with Gasteiger partial charge in [0.05, 0.1) is 11.9 Å². The number of carboxylic acids is 1. The number of unbranched alkanes of at least 4 members (excludes halogenated alkanes) is 3. The minimum absolute atomic E-state index is 0.182. The van der Waals surface area contributed by atoms with Gasteiger partial charge in [-0.25, -0.2) is 0 Å². The van der Waals surface area contributed by atoms with Crippen LogP contribution >= 0.6 is 0 Å². The first kappa shape index (κ1) is 23.9. The van der Waals surface area contributed by atoms with Crippen molar-refractivity contribution in [2.75, 3.05) is 13.2 Å². The quantitative estimate of drug-likeness (QED) is 0.294. The van der Waals surface area contributed by atoms with Crippen LogP contribution in [0, 0.1) is 5.92 Å². The van der Waals surface area contributed by atoms with Gasteiger partial charge in [0.1, 0.15) is 5.78 Å². The fourth-order valence-corrected chi connectivity index (χ4v) is 2.40. The van der Waals surface area contributed by atoms with Crippen molar-refractivity contribution < 1.29 is 22.3 Å². The van der Waals surface area contributed by atoms with E-state index in [0.29, 0.717) is 6.42 Å². The van der Waals surface area contributed by atoms with Crippen molar-refractivity contribution in [3.63, 3.8) is 0 Å². The summed E-state index contributed by atoms with van der Waals surface area (Å²) >= 11 is -0.182. The zero-order chi connectivity index (χ0) is 17.2. The van der Waals surface area contributed by atoms with Crippen molar-refractivity contribution >= 4 is 27.6 Å². The molecule has 0 spiro atoms. The second kappa shape index (κ2) is 18.6. The monoisotopic (exact) mass is 330 g/mol. The minimum atomic E-state index is -1.23. The zero-order valence-corrected chi connectivity index (χ0v) is 15.7. The zero-order valence-electron chi connectivity index (χ0n) is 14.6. The fraction of sp³-hybridized carbons (Fsp3) is 0.875. The molecule has 6 heteroatoms. The van der Waals surface area contributed by atoms with Crippen LogP contribution in [0.4, 0.5) is 0 Å². The van der Waals surface area contributed by atoms with Gasteiger partial charge in [0.2, 0.25) is 0 Å². The summed E-state index contributed by atoms with van der Waals surface area (Å²) in [5, 5.41) is 10.5. The van der Waals surface area contributed by atoms with Crippen LogP contribution in [0.3, 0.4) is 0 Å². The van der Waals surface area contributed by atoms with E-state index < -0.39 is 11.9 Å². The van der Waals surface area contributed by atoms with Crippen molar-refractivity contribution in [3.8, 4) is 0 Å². The molecule has 22 heavy (non-hydrogen) atoms. The third-order valence-electron chi connectivity index (χ3n) is 2.90. The van der Waals surface area contributed by atoms with Gasteiger partial charge < -0.3 is 9.90 Å². The maximum absolute atomic E-state index is 10.8. The van der Waals surface area contributed by atoms with Gasteiger partial charge >= 0.3 is 63.4 Å². The standard InChI is InChI=1S/C10H18O3.2C3H7O.Al/c1-3-4-5-6-7-9(8(2)11)10(12)13;2*1-2-3-4;/h9H,3-7H2,1-2H3,(H,12,13);2*2-3H2,1H3;/q;2*-1;+3/p-1. The predicted octanol–water partition coefficient (Wildman–Crippen LogP) is 2.29. The molecule has 0 aromatic carbocycles. The number of aliphatic carboxylic acids is 1. The first-order valence-corrected chi connectivity index (χ1v) is 9.21. The molecule has 1 unspecified atom stereocenters. The molecule has 0 N–H and O–H groups in total. The van der Waals surface area contributed by atoms with Crippen molar-refractivity contribution in [1.29, 1.82) is 0 Å². The van der Waals surface area contributed by atoms with Crippen LogP contribution in [-0.2, 0) is 17.2 Å². The van der Waals surface area contributed by atoms with Crippen LogP contribution in [0.2, 0.25) is 0 Å². The summed E-state index contributed by atoms with van der Waals surface area (Å²) < 4.78 is 10.3. The molecular weight excluding hydrogens is 299 g/mol. The number of rotatable bonds is 13. The van der Waals surface area contributed by atoms with Crippen LogP contribution in [-0.4, -0.2) is 40.9 Å². The SMILES string of the molecule is CCCCCCC(C(C)=O)C(=O)[O-].CCC[O][Al+][O]CCC. The summed E-state index contributed by atoms with van der Waals surface area (Å²) in [6.07, 6.45) is 6.59. The molecule has 0 fully saturated rings. The van der Waals surface area contributed by atoms with E-state index in [9.17, 15) is 14.7 Å². The topological polar surface area (TPSA) is 75.7 Å². The van der Waals surface area contributed by atoms with Gasteiger partial charge in [0.15, 0.2) is 0 Å². The molecule has 0 saturated carbocycles. The Balaban J connectivity index is 0. The van der Waals surface area contributed by atoms with Gasteiger partial charge in [0, 0.05) is 0 Å². The Morgan fingerprint density at radius 2 is 1.50 bits per heavy atom. The van der Waals surface area contributed by atoms with Crippen LogP contribution < -0.4 is 5.11 Å². The molecule has 5 nitrogen and oxygen atoms in total. The number of Topliss-reactive ketones (excluding diaryl/α,β-unsaturated/α-hetero) is 1. The summed E-state index contributed by atoms with van der Waals surface area (Å²) in [5.74, 6) is -2.42. The third kappa shape index (κ3) is 17.6. The number of carboxylic acid groups (broad SMARTS) is 1. The molecule has 0 saturated heterocycles. The first-order chi connectivity index (χ1) is 10.5. The molecule has 0 aromatic rings. The van der Waals surface area contributed by atoms with Crippen LogP contribution in [0.15, 0.2) is 0 Å². The molecule has 0 radical (unpaired) electrons. The number of carbonyl (C=O) groups is 2. The average Bonchev–Trinajstić information content (AvgIpc) is 2.47. The second-order valence-corrected chi connectivity index (χ2v) is 6.03. The van der Waals surface area contributed by atoms with Gasteiger partial charge in [-0.05, 0) is 13.3 Å². The Kier molecular flexibility index (Phi) is 20.2. The fourth-order valence-electron chi connectivity index (χ4n) is 1.64. The molecular formula is C16H31AlO5. The Hall–Kier alpha value is -0.408. The molecule has 1 atom stereocenters. The molecule has 0 bridgehead atoms. The maximum atomic E-state index is 10.8. The van der Waals surface area contributed by atoms with E-state index in [0.717, 1.165) is 51.7 Å². The summed E-state index contributed by atoms with van der Waals surface area (Å²) in [6, 6.07) is 0. The number of hydrogen-bond acceptors (Lipinski definition) is 5. The molecule has 0 aliphatic carbocycles. The Labute approximate surface area is 142 Å². The molecule has 0 rings (SSSR count). The van der Waals surface area contributed by atoms with Crippen LogP contribution in [0.5, 0.6) is 0 Å². The summed E-state index contributed by atoms with van der Waals surface area (Å²) in [4.78, 5) is 21.3. The van der Waals surface area contributed by atoms with Gasteiger partial charge in [-0.2, -0.15) is 0 Å². The van der Waals surface area contributed by atoms with Crippen LogP contribution in [0.25, 0.3) is 0 Å². The molecule has 0 aliphatic heterocycles. The second-order valence-electron chi connectivity index (χ2n) is 5.17. The molecule has 0 amide bonds. The van der Waals surface area contributed by atoms with E-state index in [1.165, 1.54) is 6.92 Å². The molecule has 128 valence electrons. The Morgan fingerprint density at radius 1 is 0.955 bits per heavy atom. The molecule has 0 aliphatic rings. The number of ketones is 1. The Morgan fingerprint density at radius 3 is 1.86 bits per heavy atom. The van der Waals surface area contributed by atoms with Gasteiger partial charge in [-0.15, -0.1) is 0 Å². The van der Waals surface area contributed by atoms with E-state index in [-0.39, 0.29) is 21.7 Å². The van der Waals surface area contributed by atoms with Gasteiger partial charge in [-0.1, -0.05) is 32.6 Å². The summed E-state index contributed by atoms with van der Waals surface area (Å²) in [6.45, 7) is 9.28. The van der Waals surface area contributed by atoms with Crippen molar-refractivity contribution in [3.05, 3.63) is 0 Å².